The van der Waals surface area contributed by atoms with Gasteiger partial charge in [0.2, 0.25) is 0 Å². The molecule has 4 nitrogen and oxygen atoms in total. The minimum Gasteiger partial charge on any atom is -0.497 e. The molecule has 0 aliphatic heterocycles. The van der Waals surface area contributed by atoms with Gasteiger partial charge in [0, 0.05) is 16.3 Å². The van der Waals surface area contributed by atoms with Gasteiger partial charge in [-0.15, -0.1) is 0 Å². The van der Waals surface area contributed by atoms with Gasteiger partial charge >= 0.3 is 0 Å². The van der Waals surface area contributed by atoms with Crippen molar-refractivity contribution in [3.05, 3.63) is 60.4 Å². The van der Waals surface area contributed by atoms with E-state index in [0.717, 1.165) is 39.1 Å². The molecule has 0 bridgehead atoms. The molecule has 4 aromatic rings. The van der Waals surface area contributed by atoms with Crippen LogP contribution < -0.4 is 4.74 Å². The average molecular weight is 289 g/mol. The Morgan fingerprint density at radius 3 is 2.41 bits per heavy atom. The van der Waals surface area contributed by atoms with Crippen molar-refractivity contribution in [2.24, 2.45) is 0 Å². The van der Waals surface area contributed by atoms with Crippen LogP contribution in [0.25, 0.3) is 27.7 Å². The van der Waals surface area contributed by atoms with Gasteiger partial charge in [0.1, 0.15) is 5.75 Å². The highest BCUT2D eigenvalue weighted by molar-refractivity contribution is 5.95. The minimum absolute atomic E-state index is 0.840. The number of methoxy groups -OCH3 is 1. The lowest BCUT2D eigenvalue weighted by atomic mass is 10.1. The second-order valence-electron chi connectivity index (χ2n) is 5.25. The monoisotopic (exact) mass is 289 g/mol. The van der Waals surface area contributed by atoms with E-state index < -0.39 is 0 Å². The summed E-state index contributed by atoms with van der Waals surface area (Å²) in [6, 6.07) is 16.1. The Morgan fingerprint density at radius 1 is 0.955 bits per heavy atom. The van der Waals surface area contributed by atoms with Crippen LogP contribution >= 0.6 is 0 Å². The Balaban J connectivity index is 1.94. The Morgan fingerprint density at radius 2 is 1.68 bits per heavy atom. The molecule has 4 rings (SSSR count). The number of benzene rings is 2. The lowest BCUT2D eigenvalue weighted by Gasteiger charge is -2.02. The fourth-order valence-electron chi connectivity index (χ4n) is 2.74. The van der Waals surface area contributed by atoms with Crippen LogP contribution in [0.1, 0.15) is 5.69 Å². The highest BCUT2D eigenvalue weighted by atomic mass is 16.5. The van der Waals surface area contributed by atoms with Gasteiger partial charge in [-0.25, -0.2) is 9.50 Å². The van der Waals surface area contributed by atoms with Gasteiger partial charge in [-0.3, -0.25) is 0 Å². The van der Waals surface area contributed by atoms with E-state index in [2.05, 4.69) is 17.2 Å². The summed E-state index contributed by atoms with van der Waals surface area (Å²) in [7, 11) is 1.67. The number of aromatic nitrogens is 3. The van der Waals surface area contributed by atoms with Gasteiger partial charge in [0.15, 0.2) is 5.65 Å². The van der Waals surface area contributed by atoms with Crippen molar-refractivity contribution in [1.29, 1.82) is 0 Å². The molecular weight excluding hydrogens is 274 g/mol. The smallest absolute Gasteiger partial charge is 0.162 e. The summed E-state index contributed by atoms with van der Waals surface area (Å²) in [4.78, 5) is 4.77. The van der Waals surface area contributed by atoms with Crippen molar-refractivity contribution in [3.8, 4) is 17.0 Å². The van der Waals surface area contributed by atoms with Gasteiger partial charge < -0.3 is 4.74 Å². The third-order valence-corrected chi connectivity index (χ3v) is 3.89. The van der Waals surface area contributed by atoms with Crippen molar-refractivity contribution in [3.63, 3.8) is 0 Å². The number of rotatable bonds is 2. The number of fused-ring (bicyclic) bond motifs is 3. The molecular formula is C18H15N3O. The van der Waals surface area contributed by atoms with Crippen LogP contribution in [0.4, 0.5) is 0 Å². The van der Waals surface area contributed by atoms with E-state index in [9.17, 15) is 0 Å². The Hall–Kier alpha value is -2.88. The molecule has 22 heavy (non-hydrogen) atoms. The maximum Gasteiger partial charge on any atom is 0.162 e. The predicted octanol–water partition coefficient (Wildman–Crippen LogP) is 3.87. The van der Waals surface area contributed by atoms with Crippen LogP contribution in [0.2, 0.25) is 0 Å². The fourth-order valence-corrected chi connectivity index (χ4v) is 2.74. The third kappa shape index (κ3) is 1.92. The molecule has 0 radical (unpaired) electrons. The summed E-state index contributed by atoms with van der Waals surface area (Å²) in [6.45, 7) is 2.02. The number of hydrogen-bond acceptors (Lipinski definition) is 3. The molecule has 108 valence electrons. The summed E-state index contributed by atoms with van der Waals surface area (Å²) >= 11 is 0. The van der Waals surface area contributed by atoms with Crippen molar-refractivity contribution in [2.75, 3.05) is 7.11 Å². The second kappa shape index (κ2) is 4.84. The third-order valence-electron chi connectivity index (χ3n) is 3.89. The molecule has 2 aromatic carbocycles. The molecule has 0 spiro atoms. The number of hydrogen-bond donors (Lipinski definition) is 0. The van der Waals surface area contributed by atoms with E-state index in [4.69, 9.17) is 9.72 Å². The average Bonchev–Trinajstić information content (AvgIpc) is 2.99. The van der Waals surface area contributed by atoms with Crippen LogP contribution in [0.15, 0.2) is 54.7 Å². The van der Waals surface area contributed by atoms with E-state index in [0.29, 0.717) is 0 Å². The molecule has 2 heterocycles. The number of imidazole rings is 1. The molecule has 0 atom stereocenters. The fraction of sp³-hybridized carbons (Fsp3) is 0.111. The van der Waals surface area contributed by atoms with Gasteiger partial charge in [0.05, 0.1) is 24.7 Å². The zero-order valence-electron chi connectivity index (χ0n) is 12.4. The zero-order valence-corrected chi connectivity index (χ0v) is 12.4. The Labute approximate surface area is 128 Å². The van der Waals surface area contributed by atoms with Gasteiger partial charge in [-0.2, -0.15) is 5.10 Å². The molecule has 2 aromatic heterocycles. The number of nitrogens with zero attached hydrogens (tertiary/aromatic N) is 3. The first-order valence-electron chi connectivity index (χ1n) is 7.15. The summed E-state index contributed by atoms with van der Waals surface area (Å²) in [5, 5.41) is 6.87. The lowest BCUT2D eigenvalue weighted by molar-refractivity contribution is 0.415. The molecule has 0 N–H and O–H groups in total. The molecule has 4 heteroatoms. The predicted molar refractivity (Wildman–Crippen MR) is 87.2 cm³/mol. The quantitative estimate of drug-likeness (QED) is 0.562. The molecule has 0 unspecified atom stereocenters. The first kappa shape index (κ1) is 12.8. The van der Waals surface area contributed by atoms with Crippen molar-refractivity contribution in [2.45, 2.75) is 6.92 Å². The van der Waals surface area contributed by atoms with Gasteiger partial charge in [0.25, 0.3) is 0 Å². The van der Waals surface area contributed by atoms with Crippen LogP contribution in [-0.2, 0) is 0 Å². The number of ether oxygens (including phenoxy) is 1. The maximum atomic E-state index is 5.20. The first-order chi connectivity index (χ1) is 10.8. The summed E-state index contributed by atoms with van der Waals surface area (Å²) in [5.41, 5.74) is 3.84. The maximum absolute atomic E-state index is 5.20. The molecule has 0 aliphatic rings. The highest BCUT2D eigenvalue weighted by Gasteiger charge is 2.10. The Bertz CT molecular complexity index is 971. The summed E-state index contributed by atoms with van der Waals surface area (Å²) in [6.07, 6.45) is 1.97. The largest absolute Gasteiger partial charge is 0.497 e. The lowest BCUT2D eigenvalue weighted by Crippen LogP contribution is -1.95. The van der Waals surface area contributed by atoms with Crippen molar-refractivity contribution >= 4 is 16.4 Å². The Kier molecular flexibility index (Phi) is 2.82. The van der Waals surface area contributed by atoms with Crippen LogP contribution in [0.3, 0.4) is 0 Å². The summed E-state index contributed by atoms with van der Waals surface area (Å²) < 4.78 is 7.06. The van der Waals surface area contributed by atoms with E-state index >= 15 is 0 Å². The molecule has 0 fully saturated rings. The standard InChI is InChI=1S/C18H15N3O/c1-12-15-5-3-4-6-16(15)18-19-17(11-21(18)20-12)13-7-9-14(22-2)10-8-13/h3-11H,1-2H3. The SMILES string of the molecule is COc1ccc(-c2cn3nc(C)c4ccccc4c3n2)cc1. The highest BCUT2D eigenvalue weighted by Crippen LogP contribution is 2.26. The van der Waals surface area contributed by atoms with Gasteiger partial charge in [-0.1, -0.05) is 24.3 Å². The van der Waals surface area contributed by atoms with Crippen molar-refractivity contribution in [1.82, 2.24) is 14.6 Å². The zero-order chi connectivity index (χ0) is 15.1. The molecule has 0 aliphatic carbocycles. The van der Waals surface area contributed by atoms with Crippen LogP contribution in [-0.4, -0.2) is 21.7 Å². The summed E-state index contributed by atoms with van der Waals surface area (Å²) in [5.74, 6) is 0.840. The first-order valence-corrected chi connectivity index (χ1v) is 7.15. The van der Waals surface area contributed by atoms with Gasteiger partial charge in [-0.05, 0) is 31.2 Å². The second-order valence-corrected chi connectivity index (χ2v) is 5.25. The van der Waals surface area contributed by atoms with Crippen LogP contribution in [0.5, 0.6) is 5.75 Å². The van der Waals surface area contributed by atoms with E-state index in [1.54, 1.807) is 7.11 Å². The molecule has 0 saturated carbocycles. The van der Waals surface area contributed by atoms with E-state index in [1.807, 2.05) is 54.0 Å². The molecule has 0 saturated heterocycles. The van der Waals surface area contributed by atoms with E-state index in [-0.39, 0.29) is 0 Å². The molecule has 0 amide bonds. The minimum atomic E-state index is 0.840. The van der Waals surface area contributed by atoms with E-state index in [1.165, 1.54) is 0 Å². The number of aryl methyl sites for hydroxylation is 1. The normalized spacial score (nSPS) is 11.2. The van der Waals surface area contributed by atoms with Crippen molar-refractivity contribution < 1.29 is 4.74 Å². The topological polar surface area (TPSA) is 39.4 Å². The van der Waals surface area contributed by atoms with Crippen LogP contribution in [0, 0.1) is 6.92 Å².